The number of amidine groups is 2. The third-order valence-corrected chi connectivity index (χ3v) is 9.13. The van der Waals surface area contributed by atoms with E-state index in [-0.39, 0.29) is 42.8 Å². The number of nitrogens with two attached hydrogens (primary N) is 1. The number of hydrogen-bond acceptors (Lipinski definition) is 9. The van der Waals surface area contributed by atoms with Crippen molar-refractivity contribution in [2.75, 3.05) is 36.4 Å². The van der Waals surface area contributed by atoms with Gasteiger partial charge in [-0.3, -0.25) is 19.9 Å². The minimum atomic E-state index is -4.24. The summed E-state index contributed by atoms with van der Waals surface area (Å²) in [5.74, 6) is -1.71. The molecule has 0 saturated carbocycles. The van der Waals surface area contributed by atoms with Gasteiger partial charge in [0.05, 0.1) is 30.8 Å². The van der Waals surface area contributed by atoms with Gasteiger partial charge < -0.3 is 24.8 Å². The number of likely N-dealkylation sites (tertiary alicyclic amines) is 1. The number of rotatable bonds is 11. The van der Waals surface area contributed by atoms with Crippen molar-refractivity contribution in [1.82, 2.24) is 4.90 Å². The number of carbonyl (C=O) groups excluding carboxylic acids is 2. The molecular weight excluding hydrogens is 586 g/mol. The number of piperidine rings is 1. The number of esters is 2. The molecule has 2 heterocycles. The summed E-state index contributed by atoms with van der Waals surface area (Å²) in [4.78, 5) is 27.4. The molecule has 12 nitrogen and oxygen atoms in total. The van der Waals surface area contributed by atoms with E-state index in [1.165, 1.54) is 6.07 Å². The molecule has 4 rings (SSSR count). The van der Waals surface area contributed by atoms with Gasteiger partial charge in [-0.2, -0.15) is 0 Å². The third kappa shape index (κ3) is 7.57. The van der Waals surface area contributed by atoms with Crippen LogP contribution in [0.4, 0.5) is 5.69 Å². The van der Waals surface area contributed by atoms with Crippen LogP contribution in [0.15, 0.2) is 42.5 Å². The Kier molecular flexibility index (Phi) is 10.3. The predicted molar refractivity (Wildman–Crippen MR) is 168 cm³/mol. The fraction of sp³-hybridized carbons (Fsp3) is 0.419. The highest BCUT2D eigenvalue weighted by Gasteiger charge is 2.39. The van der Waals surface area contributed by atoms with Crippen LogP contribution in [0, 0.1) is 10.8 Å². The molecule has 13 heteroatoms. The second-order valence-corrected chi connectivity index (χ2v) is 12.5. The molecule has 2 aromatic rings. The number of hydrogen-bond donors (Lipinski definition) is 3. The lowest BCUT2D eigenvalue weighted by Gasteiger charge is -2.33. The Morgan fingerprint density at radius 1 is 1.07 bits per heavy atom. The number of benzene rings is 2. The van der Waals surface area contributed by atoms with E-state index < -0.39 is 33.8 Å². The monoisotopic (exact) mass is 625 g/mol. The zero-order valence-corrected chi connectivity index (χ0v) is 26.0. The van der Waals surface area contributed by atoms with Crippen LogP contribution in [-0.4, -0.2) is 81.1 Å². The molecule has 0 aliphatic carbocycles. The predicted octanol–water partition coefficient (Wildman–Crippen LogP) is 3.33. The highest BCUT2D eigenvalue weighted by molar-refractivity contribution is 7.93. The highest BCUT2D eigenvalue weighted by Crippen LogP contribution is 2.41. The number of carbonyl (C=O) groups is 2. The number of nitrogens with one attached hydrogen (secondary N) is 2. The molecule has 236 valence electrons. The molecule has 2 aliphatic rings. The van der Waals surface area contributed by atoms with Crippen LogP contribution in [0.3, 0.4) is 0 Å². The number of ether oxygens (including phenoxy) is 3. The average molecular weight is 626 g/mol. The quantitative estimate of drug-likeness (QED) is 0.192. The number of fused-ring (bicyclic) bond motifs is 1. The molecule has 1 fully saturated rings. The molecule has 0 aromatic heterocycles. The minimum absolute atomic E-state index is 0.0345. The summed E-state index contributed by atoms with van der Waals surface area (Å²) in [5.41, 5.74) is 7.84. The Hall–Kier alpha value is -4.39. The van der Waals surface area contributed by atoms with Gasteiger partial charge in [0.25, 0.3) is 0 Å². The topological polar surface area (TPSA) is 176 Å². The first-order valence-corrected chi connectivity index (χ1v) is 16.2. The second-order valence-electron chi connectivity index (χ2n) is 10.6. The summed E-state index contributed by atoms with van der Waals surface area (Å²) in [6, 6.07) is 9.40. The Balaban J connectivity index is 1.74. The first kappa shape index (κ1) is 32.5. The fourth-order valence-corrected chi connectivity index (χ4v) is 6.92. The van der Waals surface area contributed by atoms with Crippen molar-refractivity contribution in [3.63, 3.8) is 0 Å². The van der Waals surface area contributed by atoms with Gasteiger partial charge in [-0.05, 0) is 56.5 Å². The molecule has 2 aliphatic heterocycles. The van der Waals surface area contributed by atoms with Gasteiger partial charge in [0.2, 0.25) is 10.0 Å². The van der Waals surface area contributed by atoms with Crippen molar-refractivity contribution in [1.29, 1.82) is 10.8 Å². The summed E-state index contributed by atoms with van der Waals surface area (Å²) in [5, 5.41) is 15.6. The smallest absolute Gasteiger partial charge is 0.341 e. The first-order chi connectivity index (χ1) is 20.9. The molecule has 0 radical (unpaired) electrons. The van der Waals surface area contributed by atoms with Crippen LogP contribution < -0.4 is 14.8 Å². The van der Waals surface area contributed by atoms with E-state index in [0.717, 1.165) is 4.31 Å². The number of nitrogen functional groups attached to an aromatic ring is 1. The Morgan fingerprint density at radius 2 is 1.77 bits per heavy atom. The summed E-state index contributed by atoms with van der Waals surface area (Å²) < 4.78 is 45.2. The lowest BCUT2D eigenvalue weighted by Crippen LogP contribution is -2.40. The summed E-state index contributed by atoms with van der Waals surface area (Å²) >= 11 is 0. The van der Waals surface area contributed by atoms with Crippen LogP contribution in [-0.2, 0) is 30.7 Å². The van der Waals surface area contributed by atoms with Gasteiger partial charge >= 0.3 is 11.9 Å². The van der Waals surface area contributed by atoms with Crippen molar-refractivity contribution in [3.8, 4) is 5.75 Å². The molecule has 0 bridgehead atoms. The van der Waals surface area contributed by atoms with Crippen LogP contribution in [0.2, 0.25) is 0 Å². The molecule has 44 heavy (non-hydrogen) atoms. The van der Waals surface area contributed by atoms with Crippen molar-refractivity contribution in [3.05, 3.63) is 64.7 Å². The number of sulfonamides is 1. The van der Waals surface area contributed by atoms with E-state index in [2.05, 4.69) is 0 Å². The lowest BCUT2D eigenvalue weighted by molar-refractivity contribution is -0.139. The molecular formula is C31H39N5O7S. The van der Waals surface area contributed by atoms with Gasteiger partial charge in [-0.15, -0.1) is 0 Å². The van der Waals surface area contributed by atoms with Crippen LogP contribution in [0.5, 0.6) is 5.75 Å². The Bertz CT molecular complexity index is 1560. The average Bonchev–Trinajstić information content (AvgIpc) is 3.34. The SMILES string of the molecule is CCOC(=O)CS(=O)(=O)N1c2cc(C(=O)OCC)c(OC3CCN(C(C)=N)CC3)cc2CC1/C=C/c1cccc(C(=N)N)c1. The van der Waals surface area contributed by atoms with Crippen molar-refractivity contribution < 1.29 is 32.2 Å². The van der Waals surface area contributed by atoms with Gasteiger partial charge in [0.15, 0.2) is 5.75 Å². The van der Waals surface area contributed by atoms with Crippen LogP contribution in [0.1, 0.15) is 60.7 Å². The zero-order valence-electron chi connectivity index (χ0n) is 25.2. The molecule has 0 spiro atoms. The van der Waals surface area contributed by atoms with Crippen molar-refractivity contribution >= 4 is 45.4 Å². The maximum atomic E-state index is 13.7. The molecule has 0 amide bonds. The zero-order chi connectivity index (χ0) is 32.0. The Morgan fingerprint density at radius 3 is 2.41 bits per heavy atom. The van der Waals surface area contributed by atoms with Crippen LogP contribution in [0.25, 0.3) is 6.08 Å². The van der Waals surface area contributed by atoms with E-state index in [0.29, 0.717) is 54.2 Å². The van der Waals surface area contributed by atoms with Gasteiger partial charge in [-0.25, -0.2) is 13.2 Å². The lowest BCUT2D eigenvalue weighted by atomic mass is 10.0. The maximum Gasteiger partial charge on any atom is 0.341 e. The van der Waals surface area contributed by atoms with E-state index >= 15 is 0 Å². The highest BCUT2D eigenvalue weighted by atomic mass is 32.2. The summed E-state index contributed by atoms with van der Waals surface area (Å²) in [6.45, 7) is 6.47. The fourth-order valence-electron chi connectivity index (χ4n) is 5.38. The second kappa shape index (κ2) is 13.9. The standard InChI is InChI=1S/C31H39N5O7S/c1-4-41-29(37)19-44(39,40)36-24(10-9-21-7-6-8-22(15-21)30(33)34)16-23-17-28(26(18-27(23)36)31(38)42-5-2)43-25-11-13-35(14-12-25)20(3)32/h6-10,15,17-18,24-25,32H,4-5,11-14,16,19H2,1-3H3,(H3,33,34)/b10-9+,32-20?. The number of nitrogens with zero attached hydrogens (tertiary/aromatic N) is 2. The summed E-state index contributed by atoms with van der Waals surface area (Å²) in [7, 11) is -4.24. The summed E-state index contributed by atoms with van der Waals surface area (Å²) in [6.07, 6.45) is 4.80. The third-order valence-electron chi connectivity index (χ3n) is 7.47. The van der Waals surface area contributed by atoms with Crippen molar-refractivity contribution in [2.45, 2.75) is 52.2 Å². The Labute approximate surface area is 257 Å². The van der Waals surface area contributed by atoms with E-state index in [4.69, 9.17) is 30.8 Å². The van der Waals surface area contributed by atoms with Gasteiger partial charge in [0, 0.05) is 31.5 Å². The van der Waals surface area contributed by atoms with Crippen molar-refractivity contribution in [2.24, 2.45) is 5.73 Å². The molecule has 4 N–H and O–H groups in total. The van der Waals surface area contributed by atoms with Gasteiger partial charge in [0.1, 0.15) is 23.3 Å². The van der Waals surface area contributed by atoms with E-state index in [1.54, 1.807) is 63.3 Å². The molecule has 2 aromatic carbocycles. The molecule has 1 unspecified atom stereocenters. The van der Waals surface area contributed by atoms with Gasteiger partial charge in [-0.1, -0.05) is 30.4 Å². The minimum Gasteiger partial charge on any atom is -0.489 e. The van der Waals surface area contributed by atoms with Crippen LogP contribution >= 0.6 is 0 Å². The molecule has 1 saturated heterocycles. The maximum absolute atomic E-state index is 13.7. The van der Waals surface area contributed by atoms with E-state index in [9.17, 15) is 18.0 Å². The first-order valence-electron chi connectivity index (χ1n) is 14.5. The largest absolute Gasteiger partial charge is 0.489 e. The number of anilines is 1. The normalized spacial score (nSPS) is 16.9. The van der Waals surface area contributed by atoms with E-state index in [1.807, 2.05) is 4.90 Å². The molecule has 1 atom stereocenters.